The highest BCUT2D eigenvalue weighted by molar-refractivity contribution is 5.73. The minimum atomic E-state index is -1.20. The van der Waals surface area contributed by atoms with Crippen LogP contribution in [0.5, 0.6) is 0 Å². The van der Waals surface area contributed by atoms with Gasteiger partial charge in [0.2, 0.25) is 0 Å². The molecule has 0 unspecified atom stereocenters. The Labute approximate surface area is 168 Å². The average Bonchev–Trinajstić information content (AvgIpc) is 2.69. The third kappa shape index (κ3) is 6.12. The van der Waals surface area contributed by atoms with Gasteiger partial charge in [-0.1, -0.05) is 12.8 Å². The second-order valence-electron chi connectivity index (χ2n) is 8.16. The number of hydrogen-bond donors (Lipinski definition) is 4. The lowest BCUT2D eigenvalue weighted by molar-refractivity contribution is -0.147. The molecular formula is C18H29N3O8. The number of rotatable bonds is 9. The Morgan fingerprint density at radius 1 is 0.793 bits per heavy atom. The maximum Gasteiger partial charge on any atom is 0.317 e. The lowest BCUT2D eigenvalue weighted by Gasteiger charge is -2.42. The predicted octanol–water partition coefficient (Wildman–Crippen LogP) is -0.686. The maximum absolute atomic E-state index is 11.5. The van der Waals surface area contributed by atoms with E-state index in [1.54, 1.807) is 16.7 Å². The largest absolute Gasteiger partial charge is 0.480 e. The smallest absolute Gasteiger partial charge is 0.317 e. The van der Waals surface area contributed by atoms with E-state index in [-0.39, 0.29) is 38.3 Å². The van der Waals surface area contributed by atoms with Crippen molar-refractivity contribution < 1.29 is 39.6 Å². The minimum Gasteiger partial charge on any atom is -0.480 e. The fourth-order valence-electron chi connectivity index (χ4n) is 4.76. The monoisotopic (exact) mass is 415 g/mol. The van der Waals surface area contributed by atoms with Crippen LogP contribution in [0, 0.1) is 0 Å². The zero-order valence-corrected chi connectivity index (χ0v) is 16.5. The first-order valence-electron chi connectivity index (χ1n) is 9.62. The molecule has 11 heteroatoms. The molecule has 2 fully saturated rings. The highest BCUT2D eigenvalue weighted by atomic mass is 16.4. The molecule has 164 valence electrons. The Kier molecular flexibility index (Phi) is 7.55. The molecule has 0 bridgehead atoms. The van der Waals surface area contributed by atoms with Crippen LogP contribution in [-0.4, -0.2) is 116 Å². The standard InChI is InChI=1S/C18H29N3O8/c1-18(21(8-16(26)27)9-17(28)29)10-19(6-14(22)23)12-4-2-3-5-13(12)20(11-18)7-15(24)25/h12-13H,2-11H2,1H3,(H,22,23)(H,24,25)(H,26,27)(H,28,29)/t12-,13-/m1/s1. The summed E-state index contributed by atoms with van der Waals surface area (Å²) in [5.41, 5.74) is -1.06. The van der Waals surface area contributed by atoms with Crippen molar-refractivity contribution in [2.24, 2.45) is 0 Å². The second kappa shape index (κ2) is 9.51. The predicted molar refractivity (Wildman–Crippen MR) is 99.7 cm³/mol. The van der Waals surface area contributed by atoms with Gasteiger partial charge in [-0.05, 0) is 19.8 Å². The van der Waals surface area contributed by atoms with Crippen LogP contribution >= 0.6 is 0 Å². The van der Waals surface area contributed by atoms with Gasteiger partial charge in [-0.25, -0.2) is 0 Å². The van der Waals surface area contributed by atoms with Crippen molar-refractivity contribution in [1.82, 2.24) is 14.7 Å². The van der Waals surface area contributed by atoms with Crippen LogP contribution in [0.2, 0.25) is 0 Å². The van der Waals surface area contributed by atoms with Crippen LogP contribution in [0.15, 0.2) is 0 Å². The topological polar surface area (TPSA) is 159 Å². The fraction of sp³-hybridized carbons (Fsp3) is 0.778. The van der Waals surface area contributed by atoms with E-state index in [0.717, 1.165) is 12.8 Å². The van der Waals surface area contributed by atoms with Crippen LogP contribution in [0.4, 0.5) is 0 Å². The van der Waals surface area contributed by atoms with Gasteiger partial charge in [0.15, 0.2) is 0 Å². The van der Waals surface area contributed by atoms with Crippen LogP contribution < -0.4 is 0 Å². The fourth-order valence-corrected chi connectivity index (χ4v) is 4.76. The molecule has 0 aromatic heterocycles. The summed E-state index contributed by atoms with van der Waals surface area (Å²) in [4.78, 5) is 50.6. The van der Waals surface area contributed by atoms with Crippen LogP contribution in [0.3, 0.4) is 0 Å². The van der Waals surface area contributed by atoms with Crippen molar-refractivity contribution in [3.63, 3.8) is 0 Å². The summed E-state index contributed by atoms with van der Waals surface area (Å²) in [6.45, 7) is 0.325. The van der Waals surface area contributed by atoms with Gasteiger partial charge < -0.3 is 20.4 Å². The summed E-state index contributed by atoms with van der Waals surface area (Å²) in [5.74, 6) is -4.48. The normalized spacial score (nSPS) is 25.2. The Balaban J connectivity index is 2.47. The molecular weight excluding hydrogens is 386 g/mol. The lowest BCUT2D eigenvalue weighted by atomic mass is 9.88. The minimum absolute atomic E-state index is 0.136. The van der Waals surface area contributed by atoms with Gasteiger partial charge in [0.1, 0.15) is 0 Å². The van der Waals surface area contributed by atoms with Gasteiger partial charge in [-0.15, -0.1) is 0 Å². The van der Waals surface area contributed by atoms with Gasteiger partial charge in [-0.3, -0.25) is 33.9 Å². The number of carboxylic acid groups (broad SMARTS) is 4. The SMILES string of the molecule is CC1(N(CC(=O)O)CC(=O)O)CN(CC(=O)O)[C@@H]2CCCC[C@H]2N(CC(=O)O)C1. The van der Waals surface area contributed by atoms with Crippen molar-refractivity contribution in [3.05, 3.63) is 0 Å². The third-order valence-electron chi connectivity index (χ3n) is 5.81. The molecule has 2 atom stereocenters. The van der Waals surface area contributed by atoms with E-state index in [2.05, 4.69) is 0 Å². The van der Waals surface area contributed by atoms with Gasteiger partial charge in [-0.2, -0.15) is 0 Å². The molecule has 1 heterocycles. The van der Waals surface area contributed by atoms with Crippen LogP contribution in [0.25, 0.3) is 0 Å². The first-order valence-corrected chi connectivity index (χ1v) is 9.62. The van der Waals surface area contributed by atoms with E-state index < -0.39 is 42.5 Å². The Morgan fingerprint density at radius 2 is 1.17 bits per heavy atom. The molecule has 11 nitrogen and oxygen atoms in total. The van der Waals surface area contributed by atoms with E-state index in [0.29, 0.717) is 12.8 Å². The molecule has 0 aromatic carbocycles. The number of hydrogen-bond acceptors (Lipinski definition) is 7. The molecule has 2 rings (SSSR count). The number of fused-ring (bicyclic) bond motifs is 1. The quantitative estimate of drug-likeness (QED) is 0.378. The molecule has 0 spiro atoms. The second-order valence-corrected chi connectivity index (χ2v) is 8.16. The summed E-state index contributed by atoms with van der Waals surface area (Å²) >= 11 is 0. The van der Waals surface area contributed by atoms with E-state index in [1.807, 2.05) is 0 Å². The molecule has 4 N–H and O–H groups in total. The van der Waals surface area contributed by atoms with E-state index in [4.69, 9.17) is 0 Å². The van der Waals surface area contributed by atoms with Gasteiger partial charge >= 0.3 is 23.9 Å². The Morgan fingerprint density at radius 3 is 1.48 bits per heavy atom. The van der Waals surface area contributed by atoms with Crippen molar-refractivity contribution in [2.75, 3.05) is 39.3 Å². The first kappa shape index (κ1) is 23.0. The van der Waals surface area contributed by atoms with Crippen LogP contribution in [-0.2, 0) is 19.2 Å². The van der Waals surface area contributed by atoms with Crippen molar-refractivity contribution >= 4 is 23.9 Å². The average molecular weight is 415 g/mol. The number of carbonyl (C=O) groups is 4. The number of aliphatic carboxylic acids is 4. The summed E-state index contributed by atoms with van der Waals surface area (Å²) in [7, 11) is 0. The molecule has 0 radical (unpaired) electrons. The number of carboxylic acids is 4. The third-order valence-corrected chi connectivity index (χ3v) is 5.81. The highest BCUT2D eigenvalue weighted by Gasteiger charge is 2.47. The maximum atomic E-state index is 11.5. The van der Waals surface area contributed by atoms with Gasteiger partial charge in [0.05, 0.1) is 26.2 Å². The van der Waals surface area contributed by atoms with Crippen molar-refractivity contribution in [3.8, 4) is 0 Å². The summed E-state index contributed by atoms with van der Waals surface area (Å²) in [5, 5.41) is 37.4. The summed E-state index contributed by atoms with van der Waals surface area (Å²) < 4.78 is 0. The molecule has 0 aromatic rings. The van der Waals surface area contributed by atoms with E-state index in [9.17, 15) is 39.6 Å². The molecule has 1 saturated carbocycles. The molecule has 0 amide bonds. The zero-order valence-electron chi connectivity index (χ0n) is 16.5. The highest BCUT2D eigenvalue weighted by Crippen LogP contribution is 2.34. The van der Waals surface area contributed by atoms with E-state index in [1.165, 1.54) is 4.90 Å². The lowest BCUT2D eigenvalue weighted by Crippen LogP contribution is -2.60. The van der Waals surface area contributed by atoms with Crippen molar-refractivity contribution in [2.45, 2.75) is 50.2 Å². The Hall–Kier alpha value is -2.24. The number of nitrogens with zero attached hydrogens (tertiary/aromatic N) is 3. The molecule has 1 aliphatic carbocycles. The molecule has 2 aliphatic rings. The van der Waals surface area contributed by atoms with E-state index >= 15 is 0 Å². The summed E-state index contributed by atoms with van der Waals surface area (Å²) in [6, 6.07) is -0.366. The summed E-state index contributed by atoms with van der Waals surface area (Å²) in [6.07, 6.45) is 3.20. The molecule has 1 aliphatic heterocycles. The van der Waals surface area contributed by atoms with Gasteiger partial charge in [0, 0.05) is 30.7 Å². The Bertz CT molecular complexity index is 605. The zero-order chi connectivity index (χ0) is 21.8. The molecule has 1 saturated heterocycles. The first-order chi connectivity index (χ1) is 13.5. The van der Waals surface area contributed by atoms with Crippen molar-refractivity contribution in [1.29, 1.82) is 0 Å². The van der Waals surface area contributed by atoms with Crippen LogP contribution in [0.1, 0.15) is 32.6 Å². The molecule has 29 heavy (non-hydrogen) atoms. The van der Waals surface area contributed by atoms with Gasteiger partial charge in [0.25, 0.3) is 0 Å².